The molecule has 0 aliphatic carbocycles. The molecule has 8 heteroatoms. The Morgan fingerprint density at radius 2 is 2.06 bits per heavy atom. The highest BCUT2D eigenvalue weighted by molar-refractivity contribution is 9.10. The number of carbonyl (C=O) groups is 1. The molecule has 0 amide bonds. The molecule has 188 valence electrons. The monoisotopic (exact) mass is 550 g/mol. The van der Waals surface area contributed by atoms with Crippen molar-refractivity contribution >= 4 is 44.1 Å². The van der Waals surface area contributed by atoms with Crippen molar-refractivity contribution < 1.29 is 14.4 Å². The van der Waals surface area contributed by atoms with Crippen molar-refractivity contribution in [3.8, 4) is 0 Å². The molecule has 2 aliphatic heterocycles. The zero-order valence-corrected chi connectivity index (χ0v) is 22.1. The predicted octanol–water partition coefficient (Wildman–Crippen LogP) is 4.29. The van der Waals surface area contributed by atoms with Crippen molar-refractivity contribution in [2.24, 2.45) is 10.9 Å². The van der Waals surface area contributed by atoms with Crippen LogP contribution >= 0.6 is 15.9 Å². The van der Waals surface area contributed by atoms with E-state index in [1.54, 1.807) is 0 Å². The summed E-state index contributed by atoms with van der Waals surface area (Å²) in [4.78, 5) is 28.4. The third kappa shape index (κ3) is 5.26. The number of para-hydroxylation sites is 1. The van der Waals surface area contributed by atoms with Gasteiger partial charge in [-0.05, 0) is 63.0 Å². The molecule has 0 radical (unpaired) electrons. The van der Waals surface area contributed by atoms with Gasteiger partial charge in [-0.1, -0.05) is 40.7 Å². The van der Waals surface area contributed by atoms with Crippen molar-refractivity contribution in [1.82, 2.24) is 9.88 Å². The molecule has 3 heterocycles. The Hall–Kier alpha value is -2.94. The van der Waals surface area contributed by atoms with Crippen molar-refractivity contribution in [2.45, 2.75) is 26.2 Å². The van der Waals surface area contributed by atoms with E-state index < -0.39 is 0 Å². The van der Waals surface area contributed by atoms with Crippen LogP contribution in [-0.4, -0.2) is 48.7 Å². The number of halogens is 1. The number of hydrogen-bond donors (Lipinski definition) is 2. The molecule has 36 heavy (non-hydrogen) atoms. The van der Waals surface area contributed by atoms with Gasteiger partial charge in [0, 0.05) is 39.1 Å². The number of nitrogens with one attached hydrogen (secondary N) is 2. The summed E-state index contributed by atoms with van der Waals surface area (Å²) in [5, 5.41) is 3.00. The number of piperidine rings is 1. The molecule has 0 spiro atoms. The first-order valence-electron chi connectivity index (χ1n) is 12.5. The molecular weight excluding hydrogens is 520 g/mol. The molecule has 0 unspecified atom stereocenters. The van der Waals surface area contributed by atoms with Gasteiger partial charge in [-0.15, -0.1) is 0 Å². The maximum atomic E-state index is 11.8. The van der Waals surface area contributed by atoms with E-state index in [9.17, 15) is 4.79 Å². The van der Waals surface area contributed by atoms with Crippen LogP contribution < -0.4 is 16.1 Å². The van der Waals surface area contributed by atoms with Gasteiger partial charge in [-0.2, -0.15) is 0 Å². The average Bonchev–Trinajstić information content (AvgIpc) is 3.38. The molecule has 1 saturated heterocycles. The number of allylic oxidation sites excluding steroid dienone is 1. The van der Waals surface area contributed by atoms with Crippen molar-refractivity contribution in [3.05, 3.63) is 75.5 Å². The summed E-state index contributed by atoms with van der Waals surface area (Å²) >= 11 is 3.59. The first-order chi connectivity index (χ1) is 17.5. The third-order valence-corrected chi connectivity index (χ3v) is 7.37. The summed E-state index contributed by atoms with van der Waals surface area (Å²) in [6, 6.07) is 14.2. The highest BCUT2D eigenvalue weighted by atomic mass is 79.9. The van der Waals surface area contributed by atoms with Gasteiger partial charge in [0.2, 0.25) is 0 Å². The number of carbonyl (C=O) groups excluding carboxylic acids is 1. The quantitative estimate of drug-likeness (QED) is 0.236. The van der Waals surface area contributed by atoms with Crippen LogP contribution in [-0.2, 0) is 14.4 Å². The van der Waals surface area contributed by atoms with Crippen LogP contribution in [0.1, 0.15) is 31.9 Å². The molecule has 3 aromatic rings. The van der Waals surface area contributed by atoms with Gasteiger partial charge >= 0.3 is 5.97 Å². The summed E-state index contributed by atoms with van der Waals surface area (Å²) in [5.74, 6) is 0.335. The highest BCUT2D eigenvalue weighted by Gasteiger charge is 2.23. The van der Waals surface area contributed by atoms with Crippen LogP contribution in [0.2, 0.25) is 0 Å². The van der Waals surface area contributed by atoms with Gasteiger partial charge in [0.1, 0.15) is 0 Å². The number of likely N-dealkylation sites (tertiary alicyclic amines) is 1. The number of esters is 1. The van der Waals surface area contributed by atoms with Crippen LogP contribution in [0.25, 0.3) is 16.5 Å². The maximum Gasteiger partial charge on any atom is 0.306 e. The number of anilines is 1. The van der Waals surface area contributed by atoms with E-state index >= 15 is 0 Å². The Morgan fingerprint density at radius 3 is 2.86 bits per heavy atom. The summed E-state index contributed by atoms with van der Waals surface area (Å²) in [6.45, 7) is 9.83. The lowest BCUT2D eigenvalue weighted by atomic mass is 9.94. The number of ether oxygens (including phenoxy) is 1. The number of aromatic nitrogens is 1. The number of H-pyrrole nitrogens is 1. The summed E-state index contributed by atoms with van der Waals surface area (Å²) in [5.41, 5.74) is 7.75. The normalized spacial score (nSPS) is 16.3. The zero-order valence-electron chi connectivity index (χ0n) is 20.5. The van der Waals surface area contributed by atoms with Crippen LogP contribution in [0.4, 0.5) is 5.69 Å². The predicted molar refractivity (Wildman–Crippen MR) is 145 cm³/mol. The molecule has 1 fully saturated rings. The fourth-order valence-electron chi connectivity index (χ4n) is 5.04. The molecule has 5 rings (SSSR count). The lowest BCUT2D eigenvalue weighted by Crippen LogP contribution is -2.37. The third-order valence-electron chi connectivity index (χ3n) is 6.88. The highest BCUT2D eigenvalue weighted by Crippen LogP contribution is 2.34. The average molecular weight is 551 g/mol. The van der Waals surface area contributed by atoms with E-state index in [4.69, 9.17) is 9.57 Å². The Morgan fingerprint density at radius 1 is 1.25 bits per heavy atom. The fourth-order valence-corrected chi connectivity index (χ4v) is 5.41. The topological polar surface area (TPSA) is 79.0 Å². The number of fused-ring (bicyclic) bond motifs is 2. The molecule has 7 nitrogen and oxygen atoms in total. The smallest absolute Gasteiger partial charge is 0.306 e. The van der Waals surface area contributed by atoms with Crippen LogP contribution in [0.15, 0.2) is 64.2 Å². The lowest BCUT2D eigenvalue weighted by molar-refractivity contribution is -0.144. The van der Waals surface area contributed by atoms with E-state index in [1.165, 1.54) is 0 Å². The molecule has 2 N–H and O–H groups in total. The van der Waals surface area contributed by atoms with Crippen LogP contribution in [0.5, 0.6) is 0 Å². The number of hydrogen-bond acceptors (Lipinski definition) is 6. The first kappa shape index (κ1) is 24.7. The van der Waals surface area contributed by atoms with E-state index in [0.29, 0.717) is 25.6 Å². The second kappa shape index (κ2) is 11.0. The Kier molecular flexibility index (Phi) is 7.55. The second-order valence-corrected chi connectivity index (χ2v) is 10.2. The van der Waals surface area contributed by atoms with Gasteiger partial charge in [-0.3, -0.25) is 15.1 Å². The molecule has 0 saturated carbocycles. The Bertz CT molecular complexity index is 1410. The minimum atomic E-state index is -0.0800. The Labute approximate surface area is 219 Å². The van der Waals surface area contributed by atoms with Gasteiger partial charge < -0.3 is 14.6 Å². The van der Waals surface area contributed by atoms with E-state index in [1.807, 2.05) is 31.2 Å². The van der Waals surface area contributed by atoms with E-state index in [2.05, 4.69) is 61.1 Å². The van der Waals surface area contributed by atoms with Gasteiger partial charge in [0.05, 0.1) is 35.6 Å². The minimum Gasteiger partial charge on any atom is -0.466 e. The first-order valence-corrected chi connectivity index (χ1v) is 13.3. The van der Waals surface area contributed by atoms with Gasteiger partial charge in [0.15, 0.2) is 0 Å². The number of nitrogens with zero attached hydrogens (tertiary/aromatic N) is 2. The van der Waals surface area contributed by atoms with Crippen LogP contribution in [0, 0.1) is 5.92 Å². The van der Waals surface area contributed by atoms with E-state index in [-0.39, 0.29) is 5.97 Å². The maximum absolute atomic E-state index is 11.8. The second-order valence-electron chi connectivity index (χ2n) is 9.26. The SMILES string of the molecule is C=C1N=c2ccc(Br)cc2=C1c1[nH]c2ccccc2c1NOCCN1CCC(CC(=O)OCC)CC1. The number of aromatic amines is 1. The van der Waals surface area contributed by atoms with E-state index in [0.717, 1.165) is 81.1 Å². The standard InChI is InChI=1S/C28H31BrN4O3/c1-3-35-25(34)16-19-10-12-33(13-11-19)14-15-36-32-27-21-6-4-5-7-23(21)31-28(27)26-18(2)30-24-9-8-20(29)17-22(24)26/h4-9,17,19,31-32H,2-3,10-16H2,1H3. The zero-order chi connectivity index (χ0) is 25.1. The van der Waals surface area contributed by atoms with Gasteiger partial charge in [-0.25, -0.2) is 4.99 Å². The summed E-state index contributed by atoms with van der Waals surface area (Å²) in [6.07, 6.45) is 2.55. The minimum absolute atomic E-state index is 0.0800. The molecule has 0 atom stereocenters. The largest absolute Gasteiger partial charge is 0.466 e. The molecular formula is C28H31BrN4O3. The van der Waals surface area contributed by atoms with Gasteiger partial charge in [0.25, 0.3) is 0 Å². The Balaban J connectivity index is 1.26. The summed E-state index contributed by atoms with van der Waals surface area (Å²) < 4.78 is 6.09. The van der Waals surface area contributed by atoms with Crippen molar-refractivity contribution in [2.75, 3.05) is 38.3 Å². The number of benzene rings is 2. The lowest BCUT2D eigenvalue weighted by Gasteiger charge is -2.31. The number of rotatable bonds is 9. The molecule has 2 aromatic carbocycles. The van der Waals surface area contributed by atoms with Crippen LogP contribution in [0.3, 0.4) is 0 Å². The summed E-state index contributed by atoms with van der Waals surface area (Å²) in [7, 11) is 0. The molecule has 1 aromatic heterocycles. The van der Waals surface area contributed by atoms with Crippen molar-refractivity contribution in [3.63, 3.8) is 0 Å². The molecule has 0 bridgehead atoms. The molecule has 2 aliphatic rings. The van der Waals surface area contributed by atoms with Crippen molar-refractivity contribution in [1.29, 1.82) is 0 Å². The fraction of sp³-hybridized carbons (Fsp3) is 0.357.